The van der Waals surface area contributed by atoms with E-state index in [-0.39, 0.29) is 11.9 Å². The van der Waals surface area contributed by atoms with E-state index in [0.29, 0.717) is 9.23 Å². The number of thioether (sulfide) groups is 1. The zero-order valence-electron chi connectivity index (χ0n) is 12.1. The van der Waals surface area contributed by atoms with Crippen LogP contribution in [0.5, 0.6) is 0 Å². The first-order valence-electron chi connectivity index (χ1n) is 6.44. The van der Waals surface area contributed by atoms with Gasteiger partial charge in [-0.1, -0.05) is 36.1 Å². The molecule has 1 saturated heterocycles. The number of hydrogen-bond acceptors (Lipinski definition) is 4. The molecule has 1 fully saturated rings. The molecule has 3 nitrogen and oxygen atoms in total. The number of thiocarbonyl (C=S) groups is 1. The van der Waals surface area contributed by atoms with Gasteiger partial charge in [0, 0.05) is 25.8 Å². The minimum Gasteiger partial charge on any atom is -0.378 e. The molecule has 106 valence electrons. The van der Waals surface area contributed by atoms with Crippen LogP contribution in [0.2, 0.25) is 0 Å². The van der Waals surface area contributed by atoms with E-state index in [9.17, 15) is 4.79 Å². The lowest BCUT2D eigenvalue weighted by molar-refractivity contribution is -0.123. The third-order valence-electron chi connectivity index (χ3n) is 3.05. The van der Waals surface area contributed by atoms with Crippen molar-refractivity contribution >= 4 is 46.0 Å². The van der Waals surface area contributed by atoms with Crippen LogP contribution in [-0.2, 0) is 4.79 Å². The van der Waals surface area contributed by atoms with Crippen LogP contribution < -0.4 is 4.90 Å². The zero-order chi connectivity index (χ0) is 14.9. The lowest BCUT2D eigenvalue weighted by Gasteiger charge is -2.18. The molecule has 1 heterocycles. The van der Waals surface area contributed by atoms with Gasteiger partial charge in [0.05, 0.1) is 4.91 Å². The van der Waals surface area contributed by atoms with E-state index in [1.807, 2.05) is 63.2 Å². The average molecular weight is 306 g/mol. The topological polar surface area (TPSA) is 23.6 Å². The highest BCUT2D eigenvalue weighted by Gasteiger charge is 2.33. The molecule has 1 aliphatic rings. The maximum atomic E-state index is 12.3. The predicted molar refractivity (Wildman–Crippen MR) is 90.9 cm³/mol. The van der Waals surface area contributed by atoms with Crippen LogP contribution in [0, 0.1) is 0 Å². The molecule has 0 N–H and O–H groups in total. The number of nitrogens with zero attached hydrogens (tertiary/aromatic N) is 2. The molecule has 0 aromatic heterocycles. The second kappa shape index (κ2) is 5.97. The van der Waals surface area contributed by atoms with Crippen LogP contribution in [0.4, 0.5) is 5.69 Å². The Morgan fingerprint density at radius 3 is 2.30 bits per heavy atom. The van der Waals surface area contributed by atoms with Crippen molar-refractivity contribution in [3.63, 3.8) is 0 Å². The summed E-state index contributed by atoms with van der Waals surface area (Å²) < 4.78 is 0.640. The highest BCUT2D eigenvalue weighted by atomic mass is 32.2. The summed E-state index contributed by atoms with van der Waals surface area (Å²) in [5, 5.41) is 0. The van der Waals surface area contributed by atoms with E-state index in [1.54, 1.807) is 4.90 Å². The molecule has 0 spiro atoms. The van der Waals surface area contributed by atoms with Gasteiger partial charge in [-0.25, -0.2) is 0 Å². The fourth-order valence-electron chi connectivity index (χ4n) is 1.95. The fourth-order valence-corrected chi connectivity index (χ4v) is 3.47. The monoisotopic (exact) mass is 306 g/mol. The van der Waals surface area contributed by atoms with E-state index < -0.39 is 0 Å². The molecular weight excluding hydrogens is 288 g/mol. The minimum atomic E-state index is 0.00619. The Bertz CT molecular complexity index is 562. The van der Waals surface area contributed by atoms with Gasteiger partial charge in [-0.2, -0.15) is 0 Å². The van der Waals surface area contributed by atoms with Crippen molar-refractivity contribution in [3.8, 4) is 0 Å². The lowest BCUT2D eigenvalue weighted by atomic mass is 10.2. The van der Waals surface area contributed by atoms with Crippen molar-refractivity contribution in [2.75, 3.05) is 19.0 Å². The summed E-state index contributed by atoms with van der Waals surface area (Å²) in [6, 6.07) is 8.20. The maximum Gasteiger partial charge on any atom is 0.266 e. The van der Waals surface area contributed by atoms with E-state index in [2.05, 4.69) is 0 Å². The average Bonchev–Trinajstić information content (AvgIpc) is 2.65. The van der Waals surface area contributed by atoms with Gasteiger partial charge < -0.3 is 4.90 Å². The quantitative estimate of drug-likeness (QED) is 0.631. The van der Waals surface area contributed by atoms with Gasteiger partial charge >= 0.3 is 0 Å². The summed E-state index contributed by atoms with van der Waals surface area (Å²) in [5.74, 6) is 0.00619. The molecule has 1 amide bonds. The summed E-state index contributed by atoms with van der Waals surface area (Å²) in [6.07, 6.45) is 1.90. The Morgan fingerprint density at radius 2 is 1.85 bits per heavy atom. The van der Waals surface area contributed by atoms with Gasteiger partial charge in [0.1, 0.15) is 4.32 Å². The minimum absolute atomic E-state index is 0.00619. The molecule has 0 aliphatic carbocycles. The second-order valence-electron chi connectivity index (χ2n) is 5.13. The molecule has 5 heteroatoms. The Labute approximate surface area is 129 Å². The number of amides is 1. The van der Waals surface area contributed by atoms with Crippen LogP contribution in [0.3, 0.4) is 0 Å². The first kappa shape index (κ1) is 15.1. The fraction of sp³-hybridized carbons (Fsp3) is 0.333. The van der Waals surface area contributed by atoms with Crippen molar-refractivity contribution in [2.45, 2.75) is 19.9 Å². The number of anilines is 1. The Morgan fingerprint density at radius 1 is 1.25 bits per heavy atom. The van der Waals surface area contributed by atoms with Crippen LogP contribution in [0.15, 0.2) is 29.2 Å². The van der Waals surface area contributed by atoms with E-state index in [0.717, 1.165) is 11.3 Å². The molecule has 0 saturated carbocycles. The van der Waals surface area contributed by atoms with Gasteiger partial charge in [0.2, 0.25) is 0 Å². The van der Waals surface area contributed by atoms with Crippen molar-refractivity contribution in [1.29, 1.82) is 0 Å². The van der Waals surface area contributed by atoms with E-state index in [1.165, 1.54) is 11.8 Å². The van der Waals surface area contributed by atoms with Gasteiger partial charge in [0.15, 0.2) is 0 Å². The Balaban J connectivity index is 2.24. The molecular formula is C15H18N2OS2. The smallest absolute Gasteiger partial charge is 0.266 e. The largest absolute Gasteiger partial charge is 0.378 e. The van der Waals surface area contributed by atoms with Crippen LogP contribution >= 0.6 is 24.0 Å². The van der Waals surface area contributed by atoms with Crippen LogP contribution in [0.25, 0.3) is 6.08 Å². The lowest BCUT2D eigenvalue weighted by Crippen LogP contribution is -2.34. The molecule has 1 aliphatic heterocycles. The van der Waals surface area contributed by atoms with Crippen molar-refractivity contribution in [3.05, 3.63) is 34.7 Å². The molecule has 1 aromatic carbocycles. The highest BCUT2D eigenvalue weighted by Crippen LogP contribution is 2.33. The van der Waals surface area contributed by atoms with Gasteiger partial charge in [0.25, 0.3) is 5.91 Å². The van der Waals surface area contributed by atoms with Crippen molar-refractivity contribution in [2.24, 2.45) is 0 Å². The van der Waals surface area contributed by atoms with Gasteiger partial charge in [-0.05, 0) is 37.6 Å². The van der Waals surface area contributed by atoms with Crippen molar-refractivity contribution < 1.29 is 4.79 Å². The third kappa shape index (κ3) is 3.04. The third-order valence-corrected chi connectivity index (χ3v) is 4.38. The standard InChI is InChI=1S/C15H18N2OS2/c1-10(2)17-14(18)13(20-15(17)19)9-11-5-7-12(8-6-11)16(3)4/h5-10H,1-4H3/b13-9+. The van der Waals surface area contributed by atoms with Crippen LogP contribution in [-0.4, -0.2) is 35.3 Å². The predicted octanol–water partition coefficient (Wildman–Crippen LogP) is 3.36. The molecule has 0 unspecified atom stereocenters. The van der Waals surface area contributed by atoms with Crippen LogP contribution in [0.1, 0.15) is 19.4 Å². The second-order valence-corrected chi connectivity index (χ2v) is 6.81. The number of hydrogen-bond donors (Lipinski definition) is 0. The summed E-state index contributed by atoms with van der Waals surface area (Å²) in [5.41, 5.74) is 2.15. The number of rotatable bonds is 3. The van der Waals surface area contributed by atoms with Gasteiger partial charge in [-0.15, -0.1) is 0 Å². The highest BCUT2D eigenvalue weighted by molar-refractivity contribution is 8.26. The summed E-state index contributed by atoms with van der Waals surface area (Å²) in [7, 11) is 4.01. The van der Waals surface area contributed by atoms with E-state index in [4.69, 9.17) is 12.2 Å². The van der Waals surface area contributed by atoms with Crippen molar-refractivity contribution in [1.82, 2.24) is 4.90 Å². The molecule has 1 aromatic rings. The number of carbonyl (C=O) groups is 1. The SMILES string of the molecule is CC(C)N1C(=O)/C(=C\c2ccc(N(C)C)cc2)SC1=S. The molecule has 2 rings (SSSR count). The summed E-state index contributed by atoms with van der Waals surface area (Å²) in [4.78, 5) is 16.7. The summed E-state index contributed by atoms with van der Waals surface area (Å²) in [6.45, 7) is 3.94. The molecule has 0 bridgehead atoms. The van der Waals surface area contributed by atoms with E-state index >= 15 is 0 Å². The first-order chi connectivity index (χ1) is 9.40. The first-order valence-corrected chi connectivity index (χ1v) is 7.67. The summed E-state index contributed by atoms with van der Waals surface area (Å²) >= 11 is 6.64. The maximum absolute atomic E-state index is 12.3. The molecule has 20 heavy (non-hydrogen) atoms. The van der Waals surface area contributed by atoms with Gasteiger partial charge in [-0.3, -0.25) is 9.69 Å². The Hall–Kier alpha value is -1.33. The Kier molecular flexibility index (Phi) is 4.50. The molecule has 0 radical (unpaired) electrons. The zero-order valence-corrected chi connectivity index (χ0v) is 13.7. The number of benzene rings is 1. The number of carbonyl (C=O) groups excluding carboxylic acids is 1. The molecule has 0 atom stereocenters. The normalized spacial score (nSPS) is 17.4.